The molecular formula is C93H123N21O11S3. The largest absolute Gasteiger partial charge is 0.489 e. The summed E-state index contributed by atoms with van der Waals surface area (Å²) in [5.41, 5.74) is 13.3. The Morgan fingerprint density at radius 1 is 0.422 bits per heavy atom. The molecule has 0 amide bonds. The van der Waals surface area contributed by atoms with Crippen LogP contribution in [0, 0.1) is 27.7 Å². The van der Waals surface area contributed by atoms with Crippen LogP contribution in [0.5, 0.6) is 17.2 Å². The van der Waals surface area contributed by atoms with Gasteiger partial charge in [0.15, 0.2) is 46.5 Å². The van der Waals surface area contributed by atoms with Gasteiger partial charge in [0.25, 0.3) is 0 Å². The Hall–Kier alpha value is -11.2. The molecule has 35 heteroatoms. The van der Waals surface area contributed by atoms with Crippen LogP contribution in [0.25, 0.3) is 33.1 Å². The number of fused-ring (bicyclic) bond motifs is 3. The molecule has 0 bridgehead atoms. The molecule has 684 valence electrons. The number of anilines is 12. The van der Waals surface area contributed by atoms with E-state index >= 15 is 0 Å². The Balaban J connectivity index is 0.000000164. The molecule has 11 N–H and O–H groups in total. The lowest BCUT2D eigenvalue weighted by Gasteiger charge is -2.33. The van der Waals surface area contributed by atoms with Gasteiger partial charge in [0, 0.05) is 26.7 Å². The van der Waals surface area contributed by atoms with Gasteiger partial charge in [0.2, 0.25) is 17.8 Å². The van der Waals surface area contributed by atoms with Gasteiger partial charge in [-0.05, 0) is 312 Å². The number of aryl methyl sites for hydroxylation is 4. The van der Waals surface area contributed by atoms with Crippen molar-refractivity contribution in [2.24, 2.45) is 0 Å². The number of rotatable bonds is 32. The van der Waals surface area contributed by atoms with Crippen LogP contribution in [-0.2, 0) is 34.2 Å². The lowest BCUT2D eigenvalue weighted by molar-refractivity contribution is 0.130. The third-order valence-corrected chi connectivity index (χ3v) is 29.8. The lowest BCUT2D eigenvalue weighted by atomic mass is 9.86. The number of hydrogen-bond donors (Lipinski definition) is 11. The van der Waals surface area contributed by atoms with E-state index in [0.29, 0.717) is 116 Å². The molecule has 6 aromatic carbocycles. The number of aliphatic hydroxyl groups excluding tert-OH is 1. The number of hydrogen-bond acceptors (Lipinski definition) is 29. The molecule has 3 saturated heterocycles. The van der Waals surface area contributed by atoms with Crippen molar-refractivity contribution in [2.45, 2.75) is 216 Å². The van der Waals surface area contributed by atoms with Crippen molar-refractivity contribution in [1.29, 1.82) is 0 Å². The van der Waals surface area contributed by atoms with Crippen LogP contribution in [0.2, 0.25) is 0 Å². The van der Waals surface area contributed by atoms with E-state index in [4.69, 9.17) is 33.9 Å². The highest BCUT2D eigenvalue weighted by atomic mass is 32.2. The maximum absolute atomic E-state index is 13.2. The smallest absolute Gasteiger partial charge is 0.231 e. The Morgan fingerprint density at radius 3 is 1.13 bits per heavy atom. The summed E-state index contributed by atoms with van der Waals surface area (Å²) in [6.45, 7) is 39.0. The molecule has 128 heavy (non-hydrogen) atoms. The summed E-state index contributed by atoms with van der Waals surface area (Å²) in [5, 5.41) is 54.0. The van der Waals surface area contributed by atoms with Crippen molar-refractivity contribution in [3.8, 4) is 17.2 Å². The summed E-state index contributed by atoms with van der Waals surface area (Å²) in [7, 11) is -8.88. The van der Waals surface area contributed by atoms with Gasteiger partial charge < -0.3 is 71.1 Å². The summed E-state index contributed by atoms with van der Waals surface area (Å²) in [6.07, 6.45) is 11.3. The van der Waals surface area contributed by atoms with Crippen LogP contribution in [0.15, 0.2) is 136 Å². The summed E-state index contributed by atoms with van der Waals surface area (Å²) < 4.78 is 103. The van der Waals surface area contributed by atoms with Crippen molar-refractivity contribution in [1.82, 2.24) is 75.6 Å². The molecule has 0 spiro atoms. The number of β-amino-alcohol motifs (C(OH)–C–C–N with tert-alkyl or cyclic N) is 1. The van der Waals surface area contributed by atoms with Crippen LogP contribution < -0.4 is 51.4 Å². The zero-order valence-corrected chi connectivity index (χ0v) is 78.7. The number of likely N-dealkylation sites (tertiary alicyclic amines) is 2. The first-order chi connectivity index (χ1) is 61.1. The van der Waals surface area contributed by atoms with Gasteiger partial charge in [-0.25, -0.2) is 25.3 Å². The molecule has 0 radical (unpaired) electrons. The topological polar surface area (TPSA) is 414 Å². The van der Waals surface area contributed by atoms with Crippen LogP contribution in [0.3, 0.4) is 0 Å². The quantitative estimate of drug-likeness (QED) is 0.0186. The Kier molecular flexibility index (Phi) is 30.6. The first-order valence-electron chi connectivity index (χ1n) is 44.1. The van der Waals surface area contributed by atoms with Crippen molar-refractivity contribution in [2.75, 3.05) is 105 Å². The molecule has 1 atom stereocenters. The number of benzene rings is 6. The fourth-order valence-corrected chi connectivity index (χ4v) is 19.9. The summed E-state index contributed by atoms with van der Waals surface area (Å²) in [5.74, 6) is 5.71. The zero-order valence-electron chi connectivity index (χ0n) is 76.2. The Labute approximate surface area is 750 Å². The number of sulfone groups is 3. The van der Waals surface area contributed by atoms with Gasteiger partial charge in [-0.3, -0.25) is 15.3 Å². The second kappa shape index (κ2) is 41.5. The van der Waals surface area contributed by atoms with Crippen LogP contribution in [-0.4, -0.2) is 207 Å². The average molecular weight is 1810 g/mol. The highest BCUT2D eigenvalue weighted by Crippen LogP contribution is 2.44. The maximum Gasteiger partial charge on any atom is 0.231 e. The van der Waals surface area contributed by atoms with Crippen molar-refractivity contribution < 1.29 is 49.3 Å². The average Bonchev–Trinajstić information content (AvgIpc) is 1.36. The number of ether oxygens (including phenoxy) is 4. The molecule has 32 nitrogen and oxygen atoms in total. The van der Waals surface area contributed by atoms with E-state index in [-0.39, 0.29) is 39.6 Å². The fraction of sp³-hybridized carbons (Fsp3) is 0.452. The maximum atomic E-state index is 13.2. The molecule has 1 unspecified atom stereocenters. The second-order valence-corrected chi connectivity index (χ2v) is 42.1. The van der Waals surface area contributed by atoms with E-state index in [1.165, 1.54) is 27.8 Å². The number of para-hydroxylation sites is 2. The van der Waals surface area contributed by atoms with E-state index in [1.807, 2.05) is 54.5 Å². The lowest BCUT2D eigenvalue weighted by Crippen LogP contribution is -2.35. The molecule has 12 aromatic rings. The minimum atomic E-state index is -3.54. The SMILES string of the molecule is COCCN1CCC(c2cc(OC(C)C)c(Nc3nc(Nc4ccccc4S(=O)(=O)C(C)C)c4cn[nH]c4n3)cc2C)CC1.Cc1cc(Nc2nc(Nc3ccccc3S(=O)(=O)C(C)C)c3cn[nH]c3n2)c(OC(C)C)cc1C1CCN(CCO)CC1.Cc1ccc(S(=O)(=O)C(C)C)c(Nc2nc(Nc3cc(C)c(C4CCCNC4)cc3OC(C)C)nc3[nH]ncc23)c1. The minimum Gasteiger partial charge on any atom is -0.489 e. The van der Waals surface area contributed by atoms with E-state index in [0.717, 1.165) is 131 Å². The van der Waals surface area contributed by atoms with Gasteiger partial charge in [-0.1, -0.05) is 30.3 Å². The molecule has 3 aliphatic heterocycles. The van der Waals surface area contributed by atoms with Gasteiger partial charge >= 0.3 is 0 Å². The summed E-state index contributed by atoms with van der Waals surface area (Å²) in [4.78, 5) is 33.6. The molecule has 0 saturated carbocycles. The number of methoxy groups -OCH3 is 1. The number of aromatic amines is 3. The number of aliphatic hydroxyl groups is 1. The predicted octanol–water partition coefficient (Wildman–Crippen LogP) is 17.1. The van der Waals surface area contributed by atoms with Crippen molar-refractivity contribution in [3.63, 3.8) is 0 Å². The molecule has 3 aliphatic rings. The van der Waals surface area contributed by atoms with Gasteiger partial charge in [0.1, 0.15) is 34.7 Å². The number of H-pyrrole nitrogens is 3. The predicted molar refractivity (Wildman–Crippen MR) is 507 cm³/mol. The normalized spacial score (nSPS) is 15.3. The number of piperidine rings is 3. The molecule has 15 rings (SSSR count). The standard InChI is InChI=1S/C32H43N7O4S.C31H41N7O4S.C30H39N7O3S/c1-20(2)43-28-18-24(23-11-13-39(14-12-23)15-16-42-6)22(5)17-27(28)35-32-36-30(25-19-33-38-31(25)37-32)34-26-9-7-8-10-29(26)44(40,41)21(3)4;1-19(2)42-27-17-23(22-10-12-38(13-11-22)14-15-39)21(5)16-26(27)34-31-35-29(24-18-32-37-30(24)36-31)33-25-8-6-7-9-28(25)43(40,41)20(3)4;1-17(2)40-26-14-22(21-8-7-11-31-15-21)20(6)13-24(26)34-30-35-28(23-16-32-37-29(23)36-30)33-25-12-19(5)9-10-27(25)41(38,39)18(3)4/h7-10,17-21,23H,11-16H2,1-6H3,(H3,33,34,35,36,37,38);6-9,16-20,22,39H,10-15H2,1-5H3,(H3,32,33,34,35,36,37);9-10,12-14,16-18,21,31H,7-8,11,15H2,1-6H3,(H3,32,33,34,35,36,37). The molecular weight excluding hydrogens is 1680 g/mol. The molecule has 0 aliphatic carbocycles. The van der Waals surface area contributed by atoms with Crippen molar-refractivity contribution >= 4 is 132 Å². The van der Waals surface area contributed by atoms with E-state index < -0.39 is 45.3 Å². The van der Waals surface area contributed by atoms with E-state index in [9.17, 15) is 30.4 Å². The third kappa shape index (κ3) is 22.6. The Bertz CT molecular complexity index is 6220. The first kappa shape index (κ1) is 94.4. The Morgan fingerprint density at radius 2 is 0.781 bits per heavy atom. The monoisotopic (exact) mass is 1810 g/mol. The van der Waals surface area contributed by atoms with Crippen LogP contribution in [0.1, 0.15) is 178 Å². The molecule has 9 heterocycles. The molecule has 6 aromatic heterocycles. The van der Waals surface area contributed by atoms with Gasteiger partial charge in [0.05, 0.1) is 131 Å². The highest BCUT2D eigenvalue weighted by Gasteiger charge is 2.32. The second-order valence-electron chi connectivity index (χ2n) is 34.7. The highest BCUT2D eigenvalue weighted by molar-refractivity contribution is 7.92. The summed E-state index contributed by atoms with van der Waals surface area (Å²) in [6, 6.07) is 31.6. The third-order valence-electron chi connectivity index (χ3n) is 23.1. The number of nitrogens with zero attached hydrogens (tertiary/aromatic N) is 11. The number of nitrogens with one attached hydrogen (secondary N) is 10. The van der Waals surface area contributed by atoms with E-state index in [2.05, 4.69) is 150 Å². The minimum absolute atomic E-state index is 0.0218. The first-order valence-corrected chi connectivity index (χ1v) is 48.7. The summed E-state index contributed by atoms with van der Waals surface area (Å²) >= 11 is 0. The number of aromatic nitrogens is 12. The van der Waals surface area contributed by atoms with Crippen LogP contribution >= 0.6 is 0 Å². The van der Waals surface area contributed by atoms with Crippen molar-refractivity contribution in [3.05, 3.63) is 161 Å². The fourth-order valence-electron chi connectivity index (χ4n) is 16.3. The molecule has 3 fully saturated rings. The van der Waals surface area contributed by atoms with Gasteiger partial charge in [-0.2, -0.15) is 45.2 Å². The zero-order chi connectivity index (χ0) is 91.5. The van der Waals surface area contributed by atoms with E-state index in [1.54, 1.807) is 128 Å². The van der Waals surface area contributed by atoms with Gasteiger partial charge in [-0.15, -0.1) is 0 Å². The van der Waals surface area contributed by atoms with Crippen LogP contribution in [0.4, 0.5) is 69.4 Å².